The summed E-state index contributed by atoms with van der Waals surface area (Å²) in [5.41, 5.74) is 0.739. The minimum Gasteiger partial charge on any atom is -0.323 e. The van der Waals surface area contributed by atoms with Crippen LogP contribution in [0.15, 0.2) is 17.1 Å². The Balaban J connectivity index is 3.67. The molecule has 4 nitrogen and oxygen atoms in total. The number of thioether (sulfide) groups is 1. The Labute approximate surface area is 76.0 Å². The fourth-order valence-electron chi connectivity index (χ4n) is 0.371. The maximum atomic E-state index is 10.5. The van der Waals surface area contributed by atoms with Crippen LogP contribution in [0.25, 0.3) is 0 Å². The van der Waals surface area contributed by atoms with Crippen LogP contribution in [0, 0.1) is 0 Å². The van der Waals surface area contributed by atoms with E-state index in [1.54, 1.807) is 12.3 Å². The lowest BCUT2D eigenvalue weighted by Gasteiger charge is -1.97. The van der Waals surface area contributed by atoms with Gasteiger partial charge >= 0.3 is 6.09 Å². The van der Waals surface area contributed by atoms with Crippen molar-refractivity contribution in [2.24, 2.45) is 5.16 Å². The van der Waals surface area contributed by atoms with Crippen molar-refractivity contribution < 1.29 is 9.63 Å². The number of amides is 1. The molecule has 0 saturated carbocycles. The third-order valence-electron chi connectivity index (χ3n) is 0.899. The normalized spacial score (nSPS) is 10.7. The summed E-state index contributed by atoms with van der Waals surface area (Å²) in [6.45, 7) is 5.31. The summed E-state index contributed by atoms with van der Waals surface area (Å²) in [4.78, 5) is 15.0. The van der Waals surface area contributed by atoms with E-state index in [0.29, 0.717) is 5.75 Å². The molecule has 0 heterocycles. The highest BCUT2D eigenvalue weighted by molar-refractivity contribution is 8.02. The van der Waals surface area contributed by atoms with Gasteiger partial charge in [0.15, 0.2) is 0 Å². The van der Waals surface area contributed by atoms with Gasteiger partial charge in [-0.15, -0.1) is 11.8 Å². The van der Waals surface area contributed by atoms with E-state index in [4.69, 9.17) is 0 Å². The molecular formula is C7H12N2O2S. The van der Waals surface area contributed by atoms with E-state index in [1.807, 2.05) is 0 Å². The third-order valence-corrected chi connectivity index (χ3v) is 1.72. The van der Waals surface area contributed by atoms with E-state index in [2.05, 4.69) is 21.9 Å². The second-order valence-corrected chi connectivity index (χ2v) is 2.89. The second-order valence-electron chi connectivity index (χ2n) is 1.93. The largest absolute Gasteiger partial charge is 0.433 e. The lowest BCUT2D eigenvalue weighted by molar-refractivity contribution is 0.153. The van der Waals surface area contributed by atoms with Gasteiger partial charge in [0, 0.05) is 12.8 Å². The molecule has 0 atom stereocenters. The SMILES string of the molecule is C=CSCC(C)=NOC(=O)NC. The molecular weight excluding hydrogens is 176 g/mol. The Hall–Kier alpha value is -0.970. The van der Waals surface area contributed by atoms with E-state index in [0.717, 1.165) is 5.71 Å². The fraction of sp³-hybridized carbons (Fsp3) is 0.429. The summed E-state index contributed by atoms with van der Waals surface area (Å²) in [7, 11) is 1.48. The van der Waals surface area contributed by atoms with Crippen molar-refractivity contribution in [3.63, 3.8) is 0 Å². The summed E-state index contributed by atoms with van der Waals surface area (Å²) in [5.74, 6) is 0.681. The molecule has 1 amide bonds. The van der Waals surface area contributed by atoms with E-state index >= 15 is 0 Å². The maximum Gasteiger partial charge on any atom is 0.433 e. The fourth-order valence-corrected chi connectivity index (χ4v) is 0.783. The van der Waals surface area contributed by atoms with E-state index in [-0.39, 0.29) is 0 Å². The lowest BCUT2D eigenvalue weighted by atomic mass is 10.5. The van der Waals surface area contributed by atoms with Gasteiger partial charge in [-0.3, -0.25) is 4.84 Å². The van der Waals surface area contributed by atoms with Crippen LogP contribution in [-0.2, 0) is 4.84 Å². The number of rotatable bonds is 4. The Bertz CT molecular complexity index is 192. The van der Waals surface area contributed by atoms with Crippen LogP contribution < -0.4 is 5.32 Å². The van der Waals surface area contributed by atoms with Crippen LogP contribution in [0.4, 0.5) is 4.79 Å². The van der Waals surface area contributed by atoms with Gasteiger partial charge in [-0.05, 0) is 12.3 Å². The molecule has 0 aromatic carbocycles. The third kappa shape index (κ3) is 5.79. The van der Waals surface area contributed by atoms with Gasteiger partial charge in [0.25, 0.3) is 0 Å². The number of oxime groups is 1. The molecule has 0 aromatic heterocycles. The van der Waals surface area contributed by atoms with Gasteiger partial charge in [-0.2, -0.15) is 0 Å². The predicted octanol–water partition coefficient (Wildman–Crippen LogP) is 1.59. The first-order valence-corrected chi connectivity index (χ1v) is 4.40. The smallest absolute Gasteiger partial charge is 0.323 e. The van der Waals surface area contributed by atoms with Crippen molar-refractivity contribution in [2.75, 3.05) is 12.8 Å². The first-order valence-electron chi connectivity index (χ1n) is 3.35. The van der Waals surface area contributed by atoms with Crippen molar-refractivity contribution >= 4 is 23.6 Å². The van der Waals surface area contributed by atoms with Crippen molar-refractivity contribution in [1.82, 2.24) is 5.32 Å². The molecule has 0 bridgehead atoms. The number of nitrogens with zero attached hydrogens (tertiary/aromatic N) is 1. The van der Waals surface area contributed by atoms with Gasteiger partial charge in [0.2, 0.25) is 0 Å². The summed E-state index contributed by atoms with van der Waals surface area (Å²) in [6, 6.07) is 0. The maximum absolute atomic E-state index is 10.5. The first-order chi connectivity index (χ1) is 5.70. The Morgan fingerprint density at radius 1 is 1.83 bits per heavy atom. The van der Waals surface area contributed by atoms with Crippen LogP contribution in [-0.4, -0.2) is 24.6 Å². The number of carbonyl (C=O) groups is 1. The Morgan fingerprint density at radius 3 is 3.00 bits per heavy atom. The van der Waals surface area contributed by atoms with Crippen LogP contribution in [0.2, 0.25) is 0 Å². The lowest BCUT2D eigenvalue weighted by Crippen LogP contribution is -2.17. The van der Waals surface area contributed by atoms with Crippen molar-refractivity contribution in [3.8, 4) is 0 Å². The molecule has 0 aromatic rings. The zero-order valence-electron chi connectivity index (χ0n) is 7.16. The molecule has 12 heavy (non-hydrogen) atoms. The highest BCUT2D eigenvalue weighted by Crippen LogP contribution is 2.00. The topological polar surface area (TPSA) is 50.7 Å². The van der Waals surface area contributed by atoms with Crippen LogP contribution in [0.5, 0.6) is 0 Å². The molecule has 0 aliphatic rings. The van der Waals surface area contributed by atoms with Gasteiger partial charge in [0.1, 0.15) is 0 Å². The number of hydrogen-bond donors (Lipinski definition) is 1. The minimum absolute atomic E-state index is 0.557. The molecule has 0 radical (unpaired) electrons. The molecule has 5 heteroatoms. The number of nitrogens with one attached hydrogen (secondary N) is 1. The van der Waals surface area contributed by atoms with E-state index in [9.17, 15) is 4.79 Å². The molecule has 0 fully saturated rings. The average Bonchev–Trinajstić information content (AvgIpc) is 2.10. The van der Waals surface area contributed by atoms with Crippen molar-refractivity contribution in [3.05, 3.63) is 12.0 Å². The van der Waals surface area contributed by atoms with Crippen LogP contribution in [0.3, 0.4) is 0 Å². The molecule has 1 N–H and O–H groups in total. The molecule has 0 spiro atoms. The molecule has 0 unspecified atom stereocenters. The molecule has 0 aliphatic carbocycles. The summed E-state index contributed by atoms with van der Waals surface area (Å²) < 4.78 is 0. The Morgan fingerprint density at radius 2 is 2.50 bits per heavy atom. The minimum atomic E-state index is -0.557. The van der Waals surface area contributed by atoms with Crippen LogP contribution in [0.1, 0.15) is 6.92 Å². The first kappa shape index (κ1) is 11.0. The standard InChI is InChI=1S/C7H12N2O2S/c1-4-12-5-6(2)9-11-7(10)8-3/h4H,1,5H2,2-3H3,(H,8,10). The van der Waals surface area contributed by atoms with Crippen molar-refractivity contribution in [2.45, 2.75) is 6.92 Å². The average molecular weight is 188 g/mol. The quantitative estimate of drug-likeness (QED) is 0.414. The zero-order chi connectivity index (χ0) is 9.40. The highest BCUT2D eigenvalue weighted by Gasteiger charge is 1.96. The van der Waals surface area contributed by atoms with Gasteiger partial charge in [0.05, 0.1) is 5.71 Å². The van der Waals surface area contributed by atoms with Gasteiger partial charge in [-0.1, -0.05) is 11.7 Å². The number of carbonyl (C=O) groups excluding carboxylic acids is 1. The highest BCUT2D eigenvalue weighted by atomic mass is 32.2. The second kappa shape index (κ2) is 6.72. The van der Waals surface area contributed by atoms with Gasteiger partial charge < -0.3 is 5.32 Å². The molecule has 0 aliphatic heterocycles. The summed E-state index contributed by atoms with van der Waals surface area (Å²) in [6.07, 6.45) is -0.557. The van der Waals surface area contributed by atoms with E-state index in [1.165, 1.54) is 18.8 Å². The predicted molar refractivity (Wildman–Crippen MR) is 51.3 cm³/mol. The molecule has 0 rings (SSSR count). The Kier molecular flexibility index (Phi) is 6.18. The zero-order valence-corrected chi connectivity index (χ0v) is 7.98. The summed E-state index contributed by atoms with van der Waals surface area (Å²) in [5, 5.41) is 7.56. The van der Waals surface area contributed by atoms with Gasteiger partial charge in [-0.25, -0.2) is 4.79 Å². The molecule has 0 saturated heterocycles. The van der Waals surface area contributed by atoms with E-state index < -0.39 is 6.09 Å². The van der Waals surface area contributed by atoms with Crippen LogP contribution >= 0.6 is 11.8 Å². The number of hydrogen-bond acceptors (Lipinski definition) is 4. The summed E-state index contributed by atoms with van der Waals surface area (Å²) >= 11 is 1.50. The monoisotopic (exact) mass is 188 g/mol. The van der Waals surface area contributed by atoms with Crippen molar-refractivity contribution in [1.29, 1.82) is 0 Å². The molecule has 68 valence electrons.